The first-order chi connectivity index (χ1) is 14.2. The lowest BCUT2D eigenvalue weighted by molar-refractivity contribution is -0.137. The molecule has 0 saturated carbocycles. The summed E-state index contributed by atoms with van der Waals surface area (Å²) in [5, 5.41) is 13.3. The van der Waals surface area contributed by atoms with Gasteiger partial charge in [-0.1, -0.05) is 28.2 Å². The van der Waals surface area contributed by atoms with Crippen LogP contribution in [0.4, 0.5) is 24.5 Å². The lowest BCUT2D eigenvalue weighted by atomic mass is 10.2. The van der Waals surface area contributed by atoms with Gasteiger partial charge in [0.2, 0.25) is 0 Å². The van der Waals surface area contributed by atoms with Crippen LogP contribution in [0.25, 0.3) is 0 Å². The lowest BCUT2D eigenvalue weighted by Gasteiger charge is -2.14. The standard InChI is InChI=1S/C18H13ClF3N5OS2/c19-14-6-5-12(7-13(14)18(20,21)22)25-17(29)23-8-10-1-3-11(4-2-10)24-16(28)15-9-30-27-26-15/h1-7,9H,8H2,(H,24,28)(H2,23,25,29). The molecule has 0 unspecified atom stereocenters. The predicted molar refractivity (Wildman–Crippen MR) is 114 cm³/mol. The fraction of sp³-hybridized carbons (Fsp3) is 0.111. The van der Waals surface area contributed by atoms with Crippen LogP contribution in [-0.4, -0.2) is 20.6 Å². The third-order valence-electron chi connectivity index (χ3n) is 3.79. The van der Waals surface area contributed by atoms with Crippen LogP contribution in [0.15, 0.2) is 47.8 Å². The molecule has 2 aromatic carbocycles. The molecule has 1 amide bonds. The number of thiocarbonyl (C=S) groups is 1. The van der Waals surface area contributed by atoms with Crippen LogP contribution >= 0.6 is 35.4 Å². The van der Waals surface area contributed by atoms with Crippen LogP contribution in [0.3, 0.4) is 0 Å². The van der Waals surface area contributed by atoms with E-state index < -0.39 is 11.7 Å². The van der Waals surface area contributed by atoms with E-state index in [1.165, 1.54) is 6.07 Å². The van der Waals surface area contributed by atoms with Crippen LogP contribution in [0, 0.1) is 0 Å². The summed E-state index contributed by atoms with van der Waals surface area (Å²) < 4.78 is 42.4. The highest BCUT2D eigenvalue weighted by Crippen LogP contribution is 2.36. The minimum atomic E-state index is -4.56. The Hall–Kier alpha value is -2.76. The van der Waals surface area contributed by atoms with E-state index in [-0.39, 0.29) is 27.4 Å². The number of rotatable bonds is 5. The van der Waals surface area contributed by atoms with E-state index in [9.17, 15) is 18.0 Å². The zero-order valence-electron chi connectivity index (χ0n) is 15.0. The fourth-order valence-electron chi connectivity index (χ4n) is 2.34. The number of aromatic nitrogens is 2. The number of anilines is 2. The second-order valence-corrected chi connectivity index (χ2v) is 7.37. The summed E-state index contributed by atoms with van der Waals surface area (Å²) in [6.07, 6.45) is -4.56. The number of carbonyl (C=O) groups is 1. The summed E-state index contributed by atoms with van der Waals surface area (Å²) in [7, 11) is 0. The number of nitrogens with one attached hydrogen (secondary N) is 3. The first kappa shape index (κ1) is 21.9. The van der Waals surface area contributed by atoms with Gasteiger partial charge in [-0.25, -0.2) is 0 Å². The molecule has 6 nitrogen and oxygen atoms in total. The largest absolute Gasteiger partial charge is 0.417 e. The Bertz CT molecular complexity index is 1040. The number of nitrogens with zero attached hydrogens (tertiary/aromatic N) is 2. The van der Waals surface area contributed by atoms with Crippen molar-refractivity contribution in [1.82, 2.24) is 14.9 Å². The molecule has 0 aliphatic heterocycles. The molecule has 3 rings (SSSR count). The fourth-order valence-corrected chi connectivity index (χ4v) is 3.19. The Balaban J connectivity index is 1.53. The molecule has 0 spiro atoms. The highest BCUT2D eigenvalue weighted by atomic mass is 35.5. The van der Waals surface area contributed by atoms with Crippen molar-refractivity contribution < 1.29 is 18.0 Å². The van der Waals surface area contributed by atoms with Crippen LogP contribution < -0.4 is 16.0 Å². The second kappa shape index (κ2) is 9.37. The number of alkyl halides is 3. The van der Waals surface area contributed by atoms with Gasteiger partial charge >= 0.3 is 6.18 Å². The van der Waals surface area contributed by atoms with Crippen molar-refractivity contribution in [3.8, 4) is 0 Å². The van der Waals surface area contributed by atoms with Crippen molar-refractivity contribution in [2.45, 2.75) is 12.7 Å². The molecule has 0 aliphatic carbocycles. The molecular formula is C18H13ClF3N5OS2. The van der Waals surface area contributed by atoms with E-state index in [2.05, 4.69) is 25.5 Å². The van der Waals surface area contributed by atoms with E-state index in [1.54, 1.807) is 29.6 Å². The molecular weight excluding hydrogens is 459 g/mol. The summed E-state index contributed by atoms with van der Waals surface area (Å²) in [5.41, 5.74) is 0.887. The van der Waals surface area contributed by atoms with E-state index in [4.69, 9.17) is 23.8 Å². The van der Waals surface area contributed by atoms with E-state index >= 15 is 0 Å². The Morgan fingerprint density at radius 3 is 2.43 bits per heavy atom. The predicted octanol–water partition coefficient (Wildman–Crippen LogP) is 4.95. The number of amides is 1. The van der Waals surface area contributed by atoms with Gasteiger partial charge in [0.1, 0.15) is 0 Å². The molecule has 1 aromatic heterocycles. The van der Waals surface area contributed by atoms with Crippen LogP contribution in [0.5, 0.6) is 0 Å². The first-order valence-corrected chi connectivity index (χ1v) is 9.93. The highest BCUT2D eigenvalue weighted by molar-refractivity contribution is 7.80. The van der Waals surface area contributed by atoms with Gasteiger partial charge in [-0.05, 0) is 59.6 Å². The molecule has 1 heterocycles. The monoisotopic (exact) mass is 471 g/mol. The average Bonchev–Trinajstić information content (AvgIpc) is 3.23. The van der Waals surface area contributed by atoms with Gasteiger partial charge in [-0.15, -0.1) is 5.10 Å². The van der Waals surface area contributed by atoms with Gasteiger partial charge in [-0.2, -0.15) is 13.2 Å². The summed E-state index contributed by atoms with van der Waals surface area (Å²) in [4.78, 5) is 11.9. The molecule has 3 N–H and O–H groups in total. The smallest absolute Gasteiger partial charge is 0.358 e. The van der Waals surface area contributed by atoms with Gasteiger partial charge in [0.05, 0.1) is 10.6 Å². The maximum Gasteiger partial charge on any atom is 0.417 e. The minimum Gasteiger partial charge on any atom is -0.358 e. The molecule has 30 heavy (non-hydrogen) atoms. The summed E-state index contributed by atoms with van der Waals surface area (Å²) in [6.45, 7) is 0.329. The topological polar surface area (TPSA) is 78.9 Å². The lowest BCUT2D eigenvalue weighted by Crippen LogP contribution is -2.28. The highest BCUT2D eigenvalue weighted by Gasteiger charge is 2.33. The van der Waals surface area contributed by atoms with Crippen molar-refractivity contribution in [1.29, 1.82) is 0 Å². The van der Waals surface area contributed by atoms with Crippen molar-refractivity contribution in [3.05, 3.63) is 69.7 Å². The van der Waals surface area contributed by atoms with Gasteiger partial charge in [0, 0.05) is 23.3 Å². The normalized spacial score (nSPS) is 11.1. The van der Waals surface area contributed by atoms with Gasteiger partial charge in [0.25, 0.3) is 5.91 Å². The number of carbonyl (C=O) groups excluding carboxylic acids is 1. The molecule has 3 aromatic rings. The molecule has 0 fully saturated rings. The SMILES string of the molecule is O=C(Nc1ccc(CNC(=S)Nc2ccc(Cl)c(C(F)(F)F)c2)cc1)c1csnn1. The maximum atomic E-state index is 12.9. The molecule has 12 heteroatoms. The molecule has 0 aliphatic rings. The quantitative estimate of drug-likeness (QED) is 0.457. The first-order valence-electron chi connectivity index (χ1n) is 8.31. The average molecular weight is 472 g/mol. The van der Waals surface area contributed by atoms with Crippen molar-refractivity contribution >= 4 is 57.7 Å². The van der Waals surface area contributed by atoms with E-state index in [0.29, 0.717) is 12.2 Å². The molecule has 0 saturated heterocycles. The van der Waals surface area contributed by atoms with Crippen LogP contribution in [0.2, 0.25) is 5.02 Å². The molecule has 156 valence electrons. The third kappa shape index (κ3) is 5.88. The van der Waals surface area contributed by atoms with Gasteiger partial charge in [0.15, 0.2) is 10.8 Å². The maximum absolute atomic E-state index is 12.9. The third-order valence-corrected chi connectivity index (χ3v) is 4.87. The Morgan fingerprint density at radius 2 is 1.80 bits per heavy atom. The minimum absolute atomic E-state index is 0.152. The van der Waals surface area contributed by atoms with Crippen molar-refractivity contribution in [2.75, 3.05) is 10.6 Å². The number of hydrogen-bond donors (Lipinski definition) is 3. The van der Waals surface area contributed by atoms with Gasteiger partial charge in [-0.3, -0.25) is 4.79 Å². The molecule has 0 radical (unpaired) electrons. The zero-order valence-corrected chi connectivity index (χ0v) is 17.3. The summed E-state index contributed by atoms with van der Waals surface area (Å²) in [6, 6.07) is 10.4. The Kier molecular flexibility index (Phi) is 6.85. The van der Waals surface area contributed by atoms with E-state index in [0.717, 1.165) is 29.2 Å². The zero-order chi connectivity index (χ0) is 21.7. The van der Waals surface area contributed by atoms with Crippen LogP contribution in [0.1, 0.15) is 21.6 Å². The van der Waals surface area contributed by atoms with Gasteiger partial charge < -0.3 is 16.0 Å². The Morgan fingerprint density at radius 1 is 1.10 bits per heavy atom. The number of benzene rings is 2. The van der Waals surface area contributed by atoms with Crippen molar-refractivity contribution in [2.24, 2.45) is 0 Å². The van der Waals surface area contributed by atoms with E-state index in [1.807, 2.05) is 0 Å². The Labute approximate surface area is 183 Å². The summed E-state index contributed by atoms with van der Waals surface area (Å²) >= 11 is 11.8. The number of halogens is 4. The summed E-state index contributed by atoms with van der Waals surface area (Å²) in [5.74, 6) is -0.360. The van der Waals surface area contributed by atoms with Crippen molar-refractivity contribution in [3.63, 3.8) is 0 Å². The molecule has 0 atom stereocenters. The second-order valence-electron chi connectivity index (χ2n) is 5.94. The molecule has 0 bridgehead atoms. The number of hydrogen-bond acceptors (Lipinski definition) is 5. The van der Waals surface area contributed by atoms with Crippen LogP contribution in [-0.2, 0) is 12.7 Å².